The molecule has 0 saturated heterocycles. The minimum atomic E-state index is -0.284. The second-order valence-electron chi connectivity index (χ2n) is 5.16. The van der Waals surface area contributed by atoms with Gasteiger partial charge in [-0.15, -0.1) is 11.3 Å². The third-order valence-electron chi connectivity index (χ3n) is 3.67. The highest BCUT2D eigenvalue weighted by Gasteiger charge is 2.36. The van der Waals surface area contributed by atoms with Gasteiger partial charge in [0.15, 0.2) is 5.13 Å². The average Bonchev–Trinajstić information content (AvgIpc) is 2.89. The number of carbonyl (C=O) groups excluding carboxylic acids is 1. The number of pyridine rings is 1. The molecule has 1 atom stereocenters. The smallest absolute Gasteiger partial charge is 0.271 e. The van der Waals surface area contributed by atoms with Gasteiger partial charge in [-0.1, -0.05) is 6.07 Å². The molecule has 0 aromatic carbocycles. The number of nitrogens with one attached hydrogen (secondary N) is 1. The zero-order valence-electron chi connectivity index (χ0n) is 11.3. The summed E-state index contributed by atoms with van der Waals surface area (Å²) in [6.07, 6.45) is 2.75. The van der Waals surface area contributed by atoms with E-state index < -0.39 is 0 Å². The summed E-state index contributed by atoms with van der Waals surface area (Å²) in [6.45, 7) is 0. The lowest BCUT2D eigenvalue weighted by atomic mass is 9.76. The molecule has 0 spiro atoms. The van der Waals surface area contributed by atoms with E-state index in [0.29, 0.717) is 23.7 Å². The highest BCUT2D eigenvalue weighted by molar-refractivity contribution is 7.13. The molecule has 2 aromatic rings. The number of nitrogen functional groups attached to an aromatic ring is 1. The lowest BCUT2D eigenvalue weighted by Crippen LogP contribution is -2.41. The van der Waals surface area contributed by atoms with Gasteiger partial charge >= 0.3 is 0 Å². The Morgan fingerprint density at radius 1 is 1.48 bits per heavy atom. The largest absolute Gasteiger partial charge is 0.393 e. The molecule has 1 aliphatic rings. The Labute approximate surface area is 126 Å². The zero-order valence-corrected chi connectivity index (χ0v) is 12.1. The van der Waals surface area contributed by atoms with Crippen LogP contribution < -0.4 is 11.1 Å². The van der Waals surface area contributed by atoms with E-state index in [1.165, 1.54) is 11.3 Å². The Hall–Kier alpha value is -1.99. The van der Waals surface area contributed by atoms with Crippen LogP contribution in [0.3, 0.4) is 0 Å². The van der Waals surface area contributed by atoms with Gasteiger partial charge < -0.3 is 16.2 Å². The molecule has 3 rings (SSSR count). The number of hydrogen-bond acceptors (Lipinski definition) is 6. The molecule has 1 amide bonds. The van der Waals surface area contributed by atoms with Gasteiger partial charge in [-0.3, -0.25) is 9.78 Å². The summed E-state index contributed by atoms with van der Waals surface area (Å²) < 4.78 is 0. The van der Waals surface area contributed by atoms with E-state index >= 15 is 0 Å². The normalized spacial score (nSPS) is 22.3. The van der Waals surface area contributed by atoms with Crippen LogP contribution in [0.1, 0.15) is 35.1 Å². The van der Waals surface area contributed by atoms with Crippen LogP contribution in [-0.4, -0.2) is 27.1 Å². The Morgan fingerprint density at radius 2 is 2.29 bits per heavy atom. The second kappa shape index (κ2) is 5.79. The first-order valence-electron chi connectivity index (χ1n) is 6.74. The monoisotopic (exact) mass is 304 g/mol. The van der Waals surface area contributed by atoms with E-state index in [-0.39, 0.29) is 24.0 Å². The maximum Gasteiger partial charge on any atom is 0.271 e. The van der Waals surface area contributed by atoms with E-state index in [1.807, 2.05) is 18.2 Å². The standard InChI is InChI=1S/C14H16N4O2S/c15-14-17-11(7-21-14)13(20)18-12(8-5-9(19)6-8)10-3-1-2-4-16-10/h1-4,7-9,12,19H,5-6H2,(H2,15,17)(H,18,20)/t8?,9?,12-/m1/s1. The molecule has 1 saturated carbocycles. The van der Waals surface area contributed by atoms with Crippen molar-refractivity contribution in [3.05, 3.63) is 41.2 Å². The molecule has 21 heavy (non-hydrogen) atoms. The molecule has 0 unspecified atom stereocenters. The molecular weight excluding hydrogens is 288 g/mol. The van der Waals surface area contributed by atoms with Gasteiger partial charge in [0.1, 0.15) is 5.69 Å². The first-order valence-corrected chi connectivity index (χ1v) is 7.62. The van der Waals surface area contributed by atoms with Gasteiger partial charge in [0.2, 0.25) is 0 Å². The summed E-state index contributed by atoms with van der Waals surface area (Å²) in [5.74, 6) is -0.0742. The van der Waals surface area contributed by atoms with E-state index in [9.17, 15) is 9.90 Å². The van der Waals surface area contributed by atoms with Gasteiger partial charge in [0.25, 0.3) is 5.91 Å². The lowest BCUT2D eigenvalue weighted by Gasteiger charge is -2.37. The predicted molar refractivity (Wildman–Crippen MR) is 79.7 cm³/mol. The van der Waals surface area contributed by atoms with E-state index in [4.69, 9.17) is 5.73 Å². The highest BCUT2D eigenvalue weighted by Crippen LogP contribution is 2.37. The highest BCUT2D eigenvalue weighted by atomic mass is 32.1. The lowest BCUT2D eigenvalue weighted by molar-refractivity contribution is 0.0228. The molecule has 110 valence electrons. The Bertz CT molecular complexity index is 625. The zero-order chi connectivity index (χ0) is 14.8. The Kier molecular flexibility index (Phi) is 3.85. The summed E-state index contributed by atoms with van der Waals surface area (Å²) in [4.78, 5) is 20.6. The fraction of sp³-hybridized carbons (Fsp3) is 0.357. The van der Waals surface area contributed by atoms with Crippen molar-refractivity contribution in [2.75, 3.05) is 5.73 Å². The predicted octanol–water partition coefficient (Wildman–Crippen LogP) is 1.36. The van der Waals surface area contributed by atoms with Crippen LogP contribution in [0.4, 0.5) is 5.13 Å². The summed E-state index contributed by atoms with van der Waals surface area (Å²) in [5, 5.41) is 14.5. The van der Waals surface area contributed by atoms with Crippen LogP contribution in [0.25, 0.3) is 0 Å². The van der Waals surface area contributed by atoms with Gasteiger partial charge in [-0.2, -0.15) is 0 Å². The molecule has 0 aliphatic heterocycles. The van der Waals surface area contributed by atoms with Crippen molar-refractivity contribution in [1.82, 2.24) is 15.3 Å². The maximum atomic E-state index is 12.3. The number of anilines is 1. The molecule has 6 nitrogen and oxygen atoms in total. The number of thiazole rings is 1. The van der Waals surface area contributed by atoms with E-state index in [2.05, 4.69) is 15.3 Å². The van der Waals surface area contributed by atoms with Gasteiger partial charge in [0.05, 0.1) is 17.8 Å². The van der Waals surface area contributed by atoms with Crippen molar-refractivity contribution in [1.29, 1.82) is 0 Å². The quantitative estimate of drug-likeness (QED) is 0.792. The molecule has 1 fully saturated rings. The van der Waals surface area contributed by atoms with Gasteiger partial charge in [-0.25, -0.2) is 4.98 Å². The summed E-state index contributed by atoms with van der Waals surface area (Å²) in [5.41, 5.74) is 6.67. The summed E-state index contributed by atoms with van der Waals surface area (Å²) in [7, 11) is 0. The fourth-order valence-corrected chi connectivity index (χ4v) is 3.05. The van der Waals surface area contributed by atoms with E-state index in [0.717, 1.165) is 5.69 Å². The molecule has 2 heterocycles. The van der Waals surface area contributed by atoms with Crippen LogP contribution in [-0.2, 0) is 0 Å². The first kappa shape index (κ1) is 14.0. The van der Waals surface area contributed by atoms with Crippen molar-refractivity contribution in [2.45, 2.75) is 25.0 Å². The van der Waals surface area contributed by atoms with Crippen molar-refractivity contribution < 1.29 is 9.90 Å². The van der Waals surface area contributed by atoms with Crippen molar-refractivity contribution in [3.63, 3.8) is 0 Å². The van der Waals surface area contributed by atoms with Crippen molar-refractivity contribution in [2.24, 2.45) is 5.92 Å². The summed E-state index contributed by atoms with van der Waals surface area (Å²) >= 11 is 1.23. The molecule has 0 radical (unpaired) electrons. The second-order valence-corrected chi connectivity index (χ2v) is 6.05. The number of amides is 1. The fourth-order valence-electron chi connectivity index (χ4n) is 2.50. The molecule has 4 N–H and O–H groups in total. The number of carbonyl (C=O) groups is 1. The average molecular weight is 304 g/mol. The molecule has 2 aromatic heterocycles. The van der Waals surface area contributed by atoms with Crippen LogP contribution in [0.5, 0.6) is 0 Å². The number of aliphatic hydroxyl groups is 1. The molecular formula is C14H16N4O2S. The topological polar surface area (TPSA) is 101 Å². The molecule has 1 aliphatic carbocycles. The van der Waals surface area contributed by atoms with Gasteiger partial charge in [0, 0.05) is 11.6 Å². The van der Waals surface area contributed by atoms with Crippen LogP contribution in [0.15, 0.2) is 29.8 Å². The van der Waals surface area contributed by atoms with E-state index in [1.54, 1.807) is 11.6 Å². The number of rotatable bonds is 4. The SMILES string of the molecule is Nc1nc(C(=O)N[C@@H](c2ccccn2)C2CC(O)C2)cs1. The Morgan fingerprint density at radius 3 is 2.86 bits per heavy atom. The van der Waals surface area contributed by atoms with Crippen LogP contribution >= 0.6 is 11.3 Å². The number of aromatic nitrogens is 2. The van der Waals surface area contributed by atoms with Crippen LogP contribution in [0.2, 0.25) is 0 Å². The number of aliphatic hydroxyl groups excluding tert-OH is 1. The van der Waals surface area contributed by atoms with Gasteiger partial charge in [-0.05, 0) is 30.9 Å². The third-order valence-corrected chi connectivity index (χ3v) is 4.34. The van der Waals surface area contributed by atoms with Crippen molar-refractivity contribution in [3.8, 4) is 0 Å². The van der Waals surface area contributed by atoms with Crippen LogP contribution in [0, 0.1) is 5.92 Å². The number of hydrogen-bond donors (Lipinski definition) is 3. The minimum absolute atomic E-state index is 0.190. The summed E-state index contributed by atoms with van der Waals surface area (Å²) in [6, 6.07) is 5.38. The minimum Gasteiger partial charge on any atom is -0.393 e. The number of nitrogens with two attached hydrogens (primary N) is 1. The number of nitrogens with zero attached hydrogens (tertiary/aromatic N) is 2. The first-order chi connectivity index (χ1) is 10.1. The van der Waals surface area contributed by atoms with Crippen molar-refractivity contribution >= 4 is 22.4 Å². The molecule has 7 heteroatoms. The molecule has 0 bridgehead atoms. The maximum absolute atomic E-state index is 12.3. The Balaban J connectivity index is 1.78. The third kappa shape index (κ3) is 3.03.